The monoisotopic (exact) mass is 492 g/mol. The van der Waals surface area contributed by atoms with Crippen LogP contribution in [0.4, 0.5) is 0 Å². The highest BCUT2D eigenvalue weighted by Gasteiger charge is 2.27. The normalized spacial score (nSPS) is 10.7. The third-order valence-electron chi connectivity index (χ3n) is 4.19. The lowest BCUT2D eigenvalue weighted by Crippen LogP contribution is -2.40. The molecule has 1 heterocycles. The van der Waals surface area contributed by atoms with E-state index in [9.17, 15) is 9.90 Å². The summed E-state index contributed by atoms with van der Waals surface area (Å²) in [6.45, 7) is 5.77. The highest BCUT2D eigenvalue weighted by molar-refractivity contribution is 6.32. The molecule has 3 aromatic rings. The molecule has 0 bridgehead atoms. The Morgan fingerprint density at radius 1 is 1.19 bits per heavy atom. The maximum absolute atomic E-state index is 12.8. The molecule has 1 aromatic heterocycles. The van der Waals surface area contributed by atoms with Gasteiger partial charge in [0.15, 0.2) is 11.4 Å². The molecule has 3 rings (SSSR count). The van der Waals surface area contributed by atoms with E-state index in [2.05, 4.69) is 22.3 Å². The summed E-state index contributed by atoms with van der Waals surface area (Å²) >= 11 is 12.5. The second-order valence-corrected chi connectivity index (χ2v) is 8.68. The second kappa shape index (κ2) is 10.3. The zero-order valence-corrected chi connectivity index (χ0v) is 20.1. The van der Waals surface area contributed by atoms with Gasteiger partial charge in [0, 0.05) is 21.7 Å². The van der Waals surface area contributed by atoms with E-state index in [0.29, 0.717) is 32.6 Å². The molecule has 32 heavy (non-hydrogen) atoms. The summed E-state index contributed by atoms with van der Waals surface area (Å²) in [4.78, 5) is 12.8. The molecular formula is C23H23Cl3N4O2. The molecule has 0 atom stereocenters. The number of nitrogens with one attached hydrogen (secondary N) is 1. The number of hydrogen-bond donors (Lipinski definition) is 3. The number of halogens is 3. The fraction of sp³-hybridized carbons (Fsp3) is 0.217. The Morgan fingerprint density at radius 2 is 1.84 bits per heavy atom. The van der Waals surface area contributed by atoms with Crippen LogP contribution in [0.15, 0.2) is 42.5 Å². The molecule has 168 valence electrons. The van der Waals surface area contributed by atoms with Crippen molar-refractivity contribution in [1.29, 1.82) is 0 Å². The smallest absolute Gasteiger partial charge is 0.276 e. The number of benzene rings is 2. The average molecular weight is 494 g/mol. The van der Waals surface area contributed by atoms with Gasteiger partial charge in [0.1, 0.15) is 5.69 Å². The van der Waals surface area contributed by atoms with Crippen LogP contribution < -0.4 is 11.1 Å². The van der Waals surface area contributed by atoms with E-state index in [1.54, 1.807) is 42.5 Å². The number of nitrogens with zero attached hydrogens (tertiary/aromatic N) is 2. The first-order valence-electron chi connectivity index (χ1n) is 9.50. The summed E-state index contributed by atoms with van der Waals surface area (Å²) in [5, 5.41) is 19.1. The fourth-order valence-corrected chi connectivity index (χ4v) is 3.30. The molecular weight excluding hydrogens is 471 g/mol. The summed E-state index contributed by atoms with van der Waals surface area (Å²) in [6, 6.07) is 12.0. The SMILES string of the molecule is CC(C)(C)NC(=O)c1nn(-c2ccc(C#CCN)cc2Cl)c(-c2ccc(Cl)cc2)c1O.Cl. The number of nitrogens with two attached hydrogens (primary N) is 1. The third kappa shape index (κ3) is 5.76. The summed E-state index contributed by atoms with van der Waals surface area (Å²) in [5.41, 5.74) is 6.92. The zero-order valence-electron chi connectivity index (χ0n) is 17.7. The molecule has 0 aliphatic heterocycles. The Balaban J connectivity index is 0.00000363. The van der Waals surface area contributed by atoms with Crippen molar-refractivity contribution in [3.05, 3.63) is 63.8 Å². The van der Waals surface area contributed by atoms with Gasteiger partial charge in [-0.05, 0) is 51.1 Å². The van der Waals surface area contributed by atoms with Crippen LogP contribution in [0.5, 0.6) is 5.75 Å². The highest BCUT2D eigenvalue weighted by Crippen LogP contribution is 2.37. The van der Waals surface area contributed by atoms with E-state index in [1.807, 2.05) is 20.8 Å². The zero-order chi connectivity index (χ0) is 22.8. The molecule has 4 N–H and O–H groups in total. The first-order valence-corrected chi connectivity index (χ1v) is 10.3. The molecule has 6 nitrogen and oxygen atoms in total. The minimum absolute atomic E-state index is 0. The minimum atomic E-state index is -0.505. The summed E-state index contributed by atoms with van der Waals surface area (Å²) in [7, 11) is 0. The minimum Gasteiger partial charge on any atom is -0.504 e. The summed E-state index contributed by atoms with van der Waals surface area (Å²) in [5.74, 6) is 4.94. The number of carbonyl (C=O) groups is 1. The van der Waals surface area contributed by atoms with Gasteiger partial charge in [-0.2, -0.15) is 5.10 Å². The molecule has 0 unspecified atom stereocenters. The van der Waals surface area contributed by atoms with Gasteiger partial charge >= 0.3 is 0 Å². The van der Waals surface area contributed by atoms with Gasteiger partial charge in [-0.3, -0.25) is 4.79 Å². The van der Waals surface area contributed by atoms with Crippen molar-refractivity contribution < 1.29 is 9.90 Å². The lowest BCUT2D eigenvalue weighted by Gasteiger charge is -2.19. The summed E-state index contributed by atoms with van der Waals surface area (Å²) < 4.78 is 1.44. The third-order valence-corrected chi connectivity index (χ3v) is 4.75. The largest absolute Gasteiger partial charge is 0.504 e. The van der Waals surface area contributed by atoms with Crippen molar-refractivity contribution in [2.75, 3.05) is 6.54 Å². The van der Waals surface area contributed by atoms with Crippen molar-refractivity contribution in [1.82, 2.24) is 15.1 Å². The van der Waals surface area contributed by atoms with Crippen molar-refractivity contribution in [3.63, 3.8) is 0 Å². The van der Waals surface area contributed by atoms with Crippen molar-refractivity contribution >= 4 is 41.5 Å². The van der Waals surface area contributed by atoms with Crippen LogP contribution in [0.1, 0.15) is 36.8 Å². The first-order chi connectivity index (χ1) is 14.6. The quantitative estimate of drug-likeness (QED) is 0.456. The number of rotatable bonds is 3. The lowest BCUT2D eigenvalue weighted by atomic mass is 10.1. The fourth-order valence-electron chi connectivity index (χ4n) is 2.91. The number of carbonyl (C=O) groups excluding carboxylic acids is 1. The van der Waals surface area contributed by atoms with Crippen LogP contribution in [-0.4, -0.2) is 32.9 Å². The van der Waals surface area contributed by atoms with Gasteiger partial charge in [-0.15, -0.1) is 12.4 Å². The standard InChI is InChI=1S/C23H22Cl2N4O2.ClH/c1-23(2,3)27-22(31)19-21(30)20(15-7-9-16(24)10-8-15)29(28-19)18-11-6-14(5-4-12-26)13-17(18)25;/h6-11,13,30H,12,26H2,1-3H3,(H,27,31);1H. The second-order valence-electron chi connectivity index (χ2n) is 7.84. The van der Waals surface area contributed by atoms with Gasteiger partial charge in [-0.1, -0.05) is 47.2 Å². The average Bonchev–Trinajstić information content (AvgIpc) is 3.03. The molecule has 0 saturated carbocycles. The highest BCUT2D eigenvalue weighted by atomic mass is 35.5. The van der Waals surface area contributed by atoms with Gasteiger partial charge in [-0.25, -0.2) is 4.68 Å². The van der Waals surface area contributed by atoms with Crippen LogP contribution in [0.2, 0.25) is 10.0 Å². The van der Waals surface area contributed by atoms with Gasteiger partial charge in [0.05, 0.1) is 17.3 Å². The maximum atomic E-state index is 12.8. The van der Waals surface area contributed by atoms with Crippen LogP contribution in [0, 0.1) is 11.8 Å². The van der Waals surface area contributed by atoms with E-state index in [-0.39, 0.29) is 30.4 Å². The van der Waals surface area contributed by atoms with Crippen molar-refractivity contribution in [3.8, 4) is 34.5 Å². The molecule has 0 fully saturated rings. The molecule has 0 saturated heterocycles. The Labute approximate surface area is 203 Å². The van der Waals surface area contributed by atoms with Gasteiger partial charge in [0.25, 0.3) is 5.91 Å². The number of hydrogen-bond acceptors (Lipinski definition) is 4. The Hall–Kier alpha value is -2.69. The van der Waals surface area contributed by atoms with Crippen molar-refractivity contribution in [2.45, 2.75) is 26.3 Å². The first kappa shape index (κ1) is 25.6. The van der Waals surface area contributed by atoms with Crippen LogP contribution >= 0.6 is 35.6 Å². The van der Waals surface area contributed by atoms with E-state index in [4.69, 9.17) is 28.9 Å². The summed E-state index contributed by atoms with van der Waals surface area (Å²) in [6.07, 6.45) is 0. The van der Waals surface area contributed by atoms with E-state index < -0.39 is 11.4 Å². The molecule has 0 aliphatic rings. The number of aromatic nitrogens is 2. The lowest BCUT2D eigenvalue weighted by molar-refractivity contribution is 0.0911. The molecule has 9 heteroatoms. The van der Waals surface area contributed by atoms with Crippen LogP contribution in [0.3, 0.4) is 0 Å². The van der Waals surface area contributed by atoms with E-state index >= 15 is 0 Å². The van der Waals surface area contributed by atoms with E-state index in [0.717, 1.165) is 0 Å². The van der Waals surface area contributed by atoms with Gasteiger partial charge < -0.3 is 16.2 Å². The topological polar surface area (TPSA) is 93.2 Å². The maximum Gasteiger partial charge on any atom is 0.276 e. The van der Waals surface area contributed by atoms with Gasteiger partial charge in [0.2, 0.25) is 0 Å². The Kier molecular flexibility index (Phi) is 8.22. The number of amides is 1. The van der Waals surface area contributed by atoms with Crippen LogP contribution in [0.25, 0.3) is 16.9 Å². The number of aromatic hydroxyl groups is 1. The molecule has 0 radical (unpaired) electrons. The molecule has 0 spiro atoms. The molecule has 1 amide bonds. The molecule has 0 aliphatic carbocycles. The Bertz CT molecular complexity index is 1190. The van der Waals surface area contributed by atoms with E-state index in [1.165, 1.54) is 4.68 Å². The predicted molar refractivity (Wildman–Crippen MR) is 131 cm³/mol. The Morgan fingerprint density at radius 3 is 2.41 bits per heavy atom. The van der Waals surface area contributed by atoms with Crippen LogP contribution in [-0.2, 0) is 0 Å². The van der Waals surface area contributed by atoms with Crippen molar-refractivity contribution in [2.24, 2.45) is 5.73 Å². The predicted octanol–water partition coefficient (Wildman–Crippen LogP) is 4.81. The molecule has 2 aromatic carbocycles.